The van der Waals surface area contributed by atoms with Crippen LogP contribution in [0.3, 0.4) is 0 Å². The number of carbonyl (C=O) groups is 1. The quantitative estimate of drug-likeness (QED) is 0.747. The molecular formula is C22H32N6O. The number of hydrogen-bond donors (Lipinski definition) is 0. The van der Waals surface area contributed by atoms with E-state index in [1.807, 2.05) is 30.2 Å². The lowest BCUT2D eigenvalue weighted by Gasteiger charge is -2.29. The highest BCUT2D eigenvalue weighted by Crippen LogP contribution is 2.38. The number of rotatable bonds is 6. The van der Waals surface area contributed by atoms with Gasteiger partial charge < -0.3 is 9.80 Å². The normalized spacial score (nSPS) is 19.5. The lowest BCUT2D eigenvalue weighted by atomic mass is 9.99. The maximum atomic E-state index is 13.2. The fraction of sp³-hybridized carbons (Fsp3) is 0.636. The van der Waals surface area contributed by atoms with Gasteiger partial charge in [0.15, 0.2) is 0 Å². The molecule has 0 unspecified atom stereocenters. The molecule has 7 nitrogen and oxygen atoms in total. The number of aromatic nitrogens is 4. The van der Waals surface area contributed by atoms with Gasteiger partial charge in [0.1, 0.15) is 0 Å². The predicted molar refractivity (Wildman–Crippen MR) is 113 cm³/mol. The second-order valence-corrected chi connectivity index (χ2v) is 8.21. The first kappa shape index (κ1) is 19.9. The number of amides is 1. The van der Waals surface area contributed by atoms with Crippen molar-refractivity contribution in [1.29, 1.82) is 0 Å². The van der Waals surface area contributed by atoms with Crippen molar-refractivity contribution in [2.24, 2.45) is 13.0 Å². The minimum absolute atomic E-state index is 0.0656. The van der Waals surface area contributed by atoms with Crippen LogP contribution in [0.25, 0.3) is 11.3 Å². The standard InChI is InChI=1S/C22H32N6O/c1-4-16(5-2)21(29)28-14-8-9-19(28)20-17(15-24-26(20)3)18-10-11-23-22(25-18)27-12-6-7-13-27/h10-11,15-16,19H,4-9,12-14H2,1-3H3/t19-/m0/s1. The molecular weight excluding hydrogens is 364 g/mol. The van der Waals surface area contributed by atoms with Crippen molar-refractivity contribution in [2.75, 3.05) is 24.5 Å². The number of anilines is 1. The summed E-state index contributed by atoms with van der Waals surface area (Å²) in [5.41, 5.74) is 3.00. The Kier molecular flexibility index (Phi) is 5.83. The summed E-state index contributed by atoms with van der Waals surface area (Å²) < 4.78 is 1.93. The average Bonchev–Trinajstić information content (AvgIpc) is 3.49. The van der Waals surface area contributed by atoms with Crippen LogP contribution in [0.15, 0.2) is 18.5 Å². The minimum Gasteiger partial charge on any atom is -0.341 e. The van der Waals surface area contributed by atoms with Crippen LogP contribution in [-0.4, -0.2) is 50.2 Å². The van der Waals surface area contributed by atoms with Crippen LogP contribution in [0.4, 0.5) is 5.95 Å². The van der Waals surface area contributed by atoms with Crippen molar-refractivity contribution in [3.05, 3.63) is 24.2 Å². The number of likely N-dealkylation sites (tertiary alicyclic amines) is 1. The van der Waals surface area contributed by atoms with E-state index in [0.29, 0.717) is 0 Å². The van der Waals surface area contributed by atoms with Crippen molar-refractivity contribution in [1.82, 2.24) is 24.6 Å². The molecule has 7 heteroatoms. The maximum absolute atomic E-state index is 13.2. The van der Waals surface area contributed by atoms with E-state index in [2.05, 4.69) is 33.7 Å². The number of hydrogen-bond acceptors (Lipinski definition) is 5. The second-order valence-electron chi connectivity index (χ2n) is 8.21. The summed E-state index contributed by atoms with van der Waals surface area (Å²) in [5.74, 6) is 1.18. The van der Waals surface area contributed by atoms with Crippen LogP contribution < -0.4 is 4.90 Å². The third-order valence-electron chi connectivity index (χ3n) is 6.48. The lowest BCUT2D eigenvalue weighted by Crippen LogP contribution is -2.36. The molecule has 0 aromatic carbocycles. The Labute approximate surface area is 173 Å². The predicted octanol–water partition coefficient (Wildman–Crippen LogP) is 3.58. The van der Waals surface area contributed by atoms with Gasteiger partial charge in [-0.3, -0.25) is 9.48 Å². The second kappa shape index (κ2) is 8.51. The van der Waals surface area contributed by atoms with Crippen molar-refractivity contribution < 1.29 is 4.79 Å². The van der Waals surface area contributed by atoms with Crippen molar-refractivity contribution in [3.8, 4) is 11.3 Å². The molecule has 0 bridgehead atoms. The number of carbonyl (C=O) groups excluding carboxylic acids is 1. The first-order chi connectivity index (χ1) is 14.1. The molecule has 156 valence electrons. The van der Waals surface area contributed by atoms with Gasteiger partial charge >= 0.3 is 0 Å². The van der Waals surface area contributed by atoms with Crippen LogP contribution in [-0.2, 0) is 11.8 Å². The van der Waals surface area contributed by atoms with Crippen LogP contribution in [0.1, 0.15) is 64.1 Å². The maximum Gasteiger partial charge on any atom is 0.226 e. The Balaban J connectivity index is 1.67. The third kappa shape index (κ3) is 3.74. The van der Waals surface area contributed by atoms with E-state index in [0.717, 1.165) is 68.2 Å². The van der Waals surface area contributed by atoms with Gasteiger partial charge in [-0.25, -0.2) is 9.97 Å². The molecule has 2 fully saturated rings. The number of nitrogens with zero attached hydrogens (tertiary/aromatic N) is 6. The Morgan fingerprint density at radius 2 is 1.93 bits per heavy atom. The van der Waals surface area contributed by atoms with Gasteiger partial charge in [-0.2, -0.15) is 5.10 Å². The molecule has 0 spiro atoms. The summed E-state index contributed by atoms with van der Waals surface area (Å²) in [4.78, 5) is 26.9. The smallest absolute Gasteiger partial charge is 0.226 e. The molecule has 0 saturated carbocycles. The molecule has 1 amide bonds. The first-order valence-corrected chi connectivity index (χ1v) is 11.0. The number of aryl methyl sites for hydroxylation is 1. The zero-order chi connectivity index (χ0) is 20.4. The van der Waals surface area contributed by atoms with Crippen LogP contribution in [0.2, 0.25) is 0 Å². The van der Waals surface area contributed by atoms with E-state index in [9.17, 15) is 4.79 Å². The summed E-state index contributed by atoms with van der Waals surface area (Å²) in [7, 11) is 1.97. The summed E-state index contributed by atoms with van der Waals surface area (Å²) in [5, 5.41) is 4.55. The van der Waals surface area contributed by atoms with E-state index in [1.165, 1.54) is 12.8 Å². The lowest BCUT2D eigenvalue weighted by molar-refractivity contribution is -0.136. The summed E-state index contributed by atoms with van der Waals surface area (Å²) in [6.07, 6.45) is 9.91. The van der Waals surface area contributed by atoms with E-state index in [4.69, 9.17) is 4.98 Å². The molecule has 2 aromatic heterocycles. The average molecular weight is 397 g/mol. The summed E-state index contributed by atoms with van der Waals surface area (Å²) in [6.45, 7) is 7.07. The van der Waals surface area contributed by atoms with E-state index in [1.54, 1.807) is 0 Å². The minimum atomic E-state index is 0.0656. The van der Waals surface area contributed by atoms with E-state index >= 15 is 0 Å². The van der Waals surface area contributed by atoms with Crippen LogP contribution in [0.5, 0.6) is 0 Å². The zero-order valence-electron chi connectivity index (χ0n) is 17.8. The molecule has 4 rings (SSSR count). The van der Waals surface area contributed by atoms with Crippen molar-refractivity contribution in [3.63, 3.8) is 0 Å². The SMILES string of the molecule is CCC(CC)C(=O)N1CCC[C@H]1c1c(-c2ccnc(N3CCCC3)n2)cnn1C. The van der Waals surface area contributed by atoms with E-state index in [-0.39, 0.29) is 17.9 Å². The molecule has 2 saturated heterocycles. The van der Waals surface area contributed by atoms with Gasteiger partial charge in [-0.05, 0) is 44.6 Å². The molecule has 0 radical (unpaired) electrons. The van der Waals surface area contributed by atoms with Gasteiger partial charge in [-0.1, -0.05) is 13.8 Å². The molecule has 29 heavy (non-hydrogen) atoms. The molecule has 2 aliphatic heterocycles. The highest BCUT2D eigenvalue weighted by Gasteiger charge is 2.36. The Morgan fingerprint density at radius 1 is 1.17 bits per heavy atom. The fourth-order valence-electron chi connectivity index (χ4n) is 4.79. The topological polar surface area (TPSA) is 67.2 Å². The Bertz CT molecular complexity index is 853. The highest BCUT2D eigenvalue weighted by molar-refractivity contribution is 5.80. The Morgan fingerprint density at radius 3 is 2.66 bits per heavy atom. The first-order valence-electron chi connectivity index (χ1n) is 11.0. The van der Waals surface area contributed by atoms with Crippen LogP contribution >= 0.6 is 0 Å². The van der Waals surface area contributed by atoms with Gasteiger partial charge in [0.2, 0.25) is 11.9 Å². The van der Waals surface area contributed by atoms with Gasteiger partial charge in [0.05, 0.1) is 23.6 Å². The molecule has 4 heterocycles. The van der Waals surface area contributed by atoms with Crippen LogP contribution in [0, 0.1) is 5.92 Å². The molecule has 1 atom stereocenters. The molecule has 2 aromatic rings. The van der Waals surface area contributed by atoms with Crippen molar-refractivity contribution >= 4 is 11.9 Å². The Hall–Kier alpha value is -2.44. The van der Waals surface area contributed by atoms with Crippen molar-refractivity contribution in [2.45, 2.75) is 58.4 Å². The summed E-state index contributed by atoms with van der Waals surface area (Å²) >= 11 is 0. The monoisotopic (exact) mass is 396 g/mol. The van der Waals surface area contributed by atoms with Gasteiger partial charge in [0.25, 0.3) is 0 Å². The zero-order valence-corrected chi connectivity index (χ0v) is 17.8. The highest BCUT2D eigenvalue weighted by atomic mass is 16.2. The van der Waals surface area contributed by atoms with E-state index < -0.39 is 0 Å². The largest absolute Gasteiger partial charge is 0.341 e. The molecule has 2 aliphatic rings. The summed E-state index contributed by atoms with van der Waals surface area (Å²) in [6, 6.07) is 2.03. The third-order valence-corrected chi connectivity index (χ3v) is 6.48. The van der Waals surface area contributed by atoms with Gasteiger partial charge in [-0.15, -0.1) is 0 Å². The molecule has 0 aliphatic carbocycles. The van der Waals surface area contributed by atoms with Gasteiger partial charge in [0, 0.05) is 44.4 Å². The fourth-order valence-corrected chi connectivity index (χ4v) is 4.79. The molecule has 0 N–H and O–H groups in total.